The minimum absolute atomic E-state index is 1.01. The first-order chi connectivity index (χ1) is 8.88. The van der Waals surface area contributed by atoms with E-state index in [1.165, 1.54) is 27.8 Å². The van der Waals surface area contributed by atoms with Crippen LogP contribution < -0.4 is 5.32 Å². The molecule has 1 N–H and O–H groups in total. The van der Waals surface area contributed by atoms with E-state index < -0.39 is 0 Å². The molecule has 0 fully saturated rings. The number of aryl methyl sites for hydroxylation is 1. The Hall–Kier alpha value is -1.60. The second-order valence-corrected chi connectivity index (χ2v) is 4.92. The third kappa shape index (κ3) is 2.06. The first kappa shape index (κ1) is 11.5. The van der Waals surface area contributed by atoms with Crippen LogP contribution in [0.1, 0.15) is 23.6 Å². The lowest BCUT2D eigenvalue weighted by Gasteiger charge is -2.20. The zero-order valence-electron chi connectivity index (χ0n) is 10.9. The van der Waals surface area contributed by atoms with Crippen LogP contribution in [-0.2, 0) is 19.4 Å². The molecule has 0 unspecified atom stereocenters. The second kappa shape index (κ2) is 4.95. The lowest BCUT2D eigenvalue weighted by molar-refractivity contribution is 0.645. The molecule has 1 aliphatic heterocycles. The summed E-state index contributed by atoms with van der Waals surface area (Å²) in [5, 5.41) is 3.44. The highest BCUT2D eigenvalue weighted by atomic mass is 14.9. The number of rotatable bonds is 2. The van der Waals surface area contributed by atoms with Crippen LogP contribution in [0.5, 0.6) is 0 Å². The Morgan fingerprint density at radius 3 is 2.67 bits per heavy atom. The number of hydrogen-bond acceptors (Lipinski definition) is 1. The molecule has 0 saturated heterocycles. The zero-order valence-corrected chi connectivity index (χ0v) is 10.9. The van der Waals surface area contributed by atoms with Crippen molar-refractivity contribution < 1.29 is 0 Å². The van der Waals surface area contributed by atoms with E-state index in [2.05, 4.69) is 54.7 Å². The minimum Gasteiger partial charge on any atom is -0.312 e. The lowest BCUT2D eigenvalue weighted by Crippen LogP contribution is -2.23. The monoisotopic (exact) mass is 237 g/mol. The molecule has 0 radical (unpaired) electrons. The van der Waals surface area contributed by atoms with Crippen molar-refractivity contribution in [2.75, 3.05) is 6.54 Å². The van der Waals surface area contributed by atoms with Gasteiger partial charge in [0, 0.05) is 6.54 Å². The molecule has 0 aliphatic carbocycles. The minimum atomic E-state index is 1.01. The van der Waals surface area contributed by atoms with E-state index in [4.69, 9.17) is 0 Å². The summed E-state index contributed by atoms with van der Waals surface area (Å²) in [5.74, 6) is 0. The summed E-state index contributed by atoms with van der Waals surface area (Å²) < 4.78 is 0. The molecule has 0 spiro atoms. The van der Waals surface area contributed by atoms with Gasteiger partial charge < -0.3 is 5.32 Å². The van der Waals surface area contributed by atoms with Gasteiger partial charge in [0.1, 0.15) is 0 Å². The predicted molar refractivity (Wildman–Crippen MR) is 76.7 cm³/mol. The Kier molecular flexibility index (Phi) is 3.16. The van der Waals surface area contributed by atoms with Gasteiger partial charge in [-0.25, -0.2) is 0 Å². The van der Waals surface area contributed by atoms with Crippen LogP contribution in [0.15, 0.2) is 42.5 Å². The molecule has 92 valence electrons. The molecule has 1 heteroatoms. The van der Waals surface area contributed by atoms with Crippen molar-refractivity contribution in [2.24, 2.45) is 0 Å². The predicted octanol–water partition coefficient (Wildman–Crippen LogP) is 3.56. The molecule has 3 rings (SSSR count). The van der Waals surface area contributed by atoms with Gasteiger partial charge in [0.05, 0.1) is 0 Å². The third-order valence-corrected chi connectivity index (χ3v) is 3.81. The maximum atomic E-state index is 3.44. The van der Waals surface area contributed by atoms with E-state index in [0.717, 1.165) is 25.9 Å². The van der Waals surface area contributed by atoms with Crippen LogP contribution in [0.25, 0.3) is 11.1 Å². The first-order valence-corrected chi connectivity index (χ1v) is 6.79. The second-order valence-electron chi connectivity index (χ2n) is 4.92. The van der Waals surface area contributed by atoms with E-state index in [9.17, 15) is 0 Å². The average Bonchev–Trinajstić information content (AvgIpc) is 2.47. The van der Waals surface area contributed by atoms with Crippen molar-refractivity contribution in [3.63, 3.8) is 0 Å². The van der Waals surface area contributed by atoms with Gasteiger partial charge >= 0.3 is 0 Å². The van der Waals surface area contributed by atoms with Crippen molar-refractivity contribution in [3.05, 3.63) is 59.2 Å². The quantitative estimate of drug-likeness (QED) is 0.842. The summed E-state index contributed by atoms with van der Waals surface area (Å²) in [6.07, 6.45) is 2.25. The molecule has 1 nitrogen and oxygen atoms in total. The van der Waals surface area contributed by atoms with E-state index in [-0.39, 0.29) is 0 Å². The van der Waals surface area contributed by atoms with Gasteiger partial charge in [-0.2, -0.15) is 0 Å². The van der Waals surface area contributed by atoms with Gasteiger partial charge in [0.2, 0.25) is 0 Å². The Morgan fingerprint density at radius 1 is 1.06 bits per heavy atom. The molecule has 2 aromatic carbocycles. The van der Waals surface area contributed by atoms with Crippen molar-refractivity contribution in [3.8, 4) is 11.1 Å². The standard InChI is InChI=1S/C17H19N/c1-2-13-6-8-14(9-7-13)16-5-3-4-15-12-18-11-10-17(15)16/h3-9,18H,2,10-12H2,1H3. The van der Waals surface area contributed by atoms with E-state index in [0.29, 0.717) is 0 Å². The highest BCUT2D eigenvalue weighted by Crippen LogP contribution is 2.28. The fourth-order valence-corrected chi connectivity index (χ4v) is 2.72. The smallest absolute Gasteiger partial charge is 0.0208 e. The SMILES string of the molecule is CCc1ccc(-c2cccc3c2CCNC3)cc1. The molecule has 0 amide bonds. The summed E-state index contributed by atoms with van der Waals surface area (Å²) in [5.41, 5.74) is 7.16. The van der Waals surface area contributed by atoms with Gasteiger partial charge in [-0.05, 0) is 47.2 Å². The van der Waals surface area contributed by atoms with Crippen LogP contribution in [0.2, 0.25) is 0 Å². The number of nitrogens with one attached hydrogen (secondary N) is 1. The normalized spacial score (nSPS) is 14.3. The molecule has 1 heterocycles. The Bertz CT molecular complexity index is 540. The number of fused-ring (bicyclic) bond motifs is 1. The van der Waals surface area contributed by atoms with Crippen LogP contribution in [0.3, 0.4) is 0 Å². The van der Waals surface area contributed by atoms with Crippen LogP contribution in [0, 0.1) is 0 Å². The largest absolute Gasteiger partial charge is 0.312 e. The Morgan fingerprint density at radius 2 is 1.89 bits per heavy atom. The molecule has 1 aliphatic rings. The van der Waals surface area contributed by atoms with Crippen molar-refractivity contribution in [1.82, 2.24) is 5.32 Å². The summed E-state index contributed by atoms with van der Waals surface area (Å²) in [4.78, 5) is 0. The van der Waals surface area contributed by atoms with Crippen molar-refractivity contribution in [1.29, 1.82) is 0 Å². The molecular formula is C17H19N. The van der Waals surface area contributed by atoms with E-state index in [1.807, 2.05) is 0 Å². The molecule has 0 atom stereocenters. The Labute approximate surface area is 109 Å². The van der Waals surface area contributed by atoms with Gasteiger partial charge in [0.25, 0.3) is 0 Å². The average molecular weight is 237 g/mol. The zero-order chi connectivity index (χ0) is 12.4. The van der Waals surface area contributed by atoms with E-state index >= 15 is 0 Å². The van der Waals surface area contributed by atoms with Crippen molar-refractivity contribution in [2.45, 2.75) is 26.3 Å². The van der Waals surface area contributed by atoms with E-state index in [1.54, 1.807) is 0 Å². The van der Waals surface area contributed by atoms with Crippen LogP contribution in [0.4, 0.5) is 0 Å². The third-order valence-electron chi connectivity index (χ3n) is 3.81. The number of benzene rings is 2. The summed E-state index contributed by atoms with van der Waals surface area (Å²) in [6, 6.07) is 15.7. The molecule has 2 aromatic rings. The maximum absolute atomic E-state index is 3.44. The van der Waals surface area contributed by atoms with Gasteiger partial charge in [-0.3, -0.25) is 0 Å². The van der Waals surface area contributed by atoms with Crippen molar-refractivity contribution >= 4 is 0 Å². The van der Waals surface area contributed by atoms with Gasteiger partial charge in [0.15, 0.2) is 0 Å². The highest BCUT2D eigenvalue weighted by molar-refractivity contribution is 5.69. The summed E-state index contributed by atoms with van der Waals surface area (Å²) in [7, 11) is 0. The summed E-state index contributed by atoms with van der Waals surface area (Å²) >= 11 is 0. The van der Waals surface area contributed by atoms with Crippen LogP contribution in [-0.4, -0.2) is 6.54 Å². The molecule has 0 bridgehead atoms. The highest BCUT2D eigenvalue weighted by Gasteiger charge is 2.13. The van der Waals surface area contributed by atoms with Gasteiger partial charge in [-0.1, -0.05) is 49.4 Å². The summed E-state index contributed by atoms with van der Waals surface area (Å²) in [6.45, 7) is 4.30. The first-order valence-electron chi connectivity index (χ1n) is 6.79. The van der Waals surface area contributed by atoms with Gasteiger partial charge in [-0.15, -0.1) is 0 Å². The van der Waals surface area contributed by atoms with Crippen LogP contribution >= 0.6 is 0 Å². The number of hydrogen-bond donors (Lipinski definition) is 1. The molecule has 18 heavy (non-hydrogen) atoms. The Balaban J connectivity index is 2.05. The fourth-order valence-electron chi connectivity index (χ4n) is 2.72. The lowest BCUT2D eigenvalue weighted by atomic mass is 9.91. The molecular weight excluding hydrogens is 218 g/mol. The molecule has 0 saturated carbocycles. The topological polar surface area (TPSA) is 12.0 Å². The fraction of sp³-hybridized carbons (Fsp3) is 0.294. The maximum Gasteiger partial charge on any atom is 0.0208 e. The molecule has 0 aromatic heterocycles.